The molecule has 3 aromatic carbocycles. The number of aryl methyl sites for hydroxylation is 1. The predicted molar refractivity (Wildman–Crippen MR) is 118 cm³/mol. The second kappa shape index (κ2) is 8.06. The van der Waals surface area contributed by atoms with Crippen LogP contribution in [0.3, 0.4) is 0 Å². The average molecular weight is 385 g/mol. The first-order chi connectivity index (χ1) is 13.7. The zero-order valence-corrected chi connectivity index (χ0v) is 16.2. The Balaban J connectivity index is 1.71. The quantitative estimate of drug-likeness (QED) is 0.375. The summed E-state index contributed by atoms with van der Waals surface area (Å²) in [6, 6.07) is 27.9. The van der Waals surface area contributed by atoms with Crippen molar-refractivity contribution in [2.75, 3.05) is 5.32 Å². The van der Waals surface area contributed by atoms with Crippen LogP contribution in [0, 0.1) is 6.92 Å². The summed E-state index contributed by atoms with van der Waals surface area (Å²) in [7, 11) is 0. The first-order valence-corrected chi connectivity index (χ1v) is 9.35. The highest BCUT2D eigenvalue weighted by atomic mass is 32.1. The smallest absolute Gasteiger partial charge is 0.244 e. The average Bonchev–Trinajstić information content (AvgIpc) is 2.73. The van der Waals surface area contributed by atoms with Crippen LogP contribution in [0.5, 0.6) is 0 Å². The molecule has 4 nitrogen and oxygen atoms in total. The lowest BCUT2D eigenvalue weighted by Crippen LogP contribution is -2.26. The van der Waals surface area contributed by atoms with Gasteiger partial charge in [0, 0.05) is 16.6 Å². The third-order valence-corrected chi connectivity index (χ3v) is 4.50. The molecule has 2 N–H and O–H groups in total. The summed E-state index contributed by atoms with van der Waals surface area (Å²) in [6.07, 6.45) is 0. The van der Waals surface area contributed by atoms with Crippen LogP contribution < -0.4 is 16.3 Å². The Morgan fingerprint density at radius 1 is 0.893 bits per heavy atom. The molecule has 0 bridgehead atoms. The molecular weight excluding hydrogens is 366 g/mol. The molecule has 0 fully saturated rings. The lowest BCUT2D eigenvalue weighted by atomic mass is 10.0. The van der Waals surface area contributed by atoms with E-state index in [-0.39, 0.29) is 0 Å². The number of benzene rings is 3. The Hall–Kier alpha value is -3.44. The maximum atomic E-state index is 6.06. The molecule has 0 amide bonds. The van der Waals surface area contributed by atoms with Crippen LogP contribution in [-0.4, -0.2) is 5.11 Å². The lowest BCUT2D eigenvalue weighted by molar-refractivity contribution is 0.533. The molecule has 0 saturated heterocycles. The minimum Gasteiger partial charge on any atom is -0.436 e. The molecule has 0 saturated carbocycles. The third kappa shape index (κ3) is 4.10. The van der Waals surface area contributed by atoms with Crippen molar-refractivity contribution in [2.45, 2.75) is 6.92 Å². The summed E-state index contributed by atoms with van der Waals surface area (Å²) in [5, 5.41) is 8.94. The maximum Gasteiger partial charge on any atom is 0.244 e. The zero-order chi connectivity index (χ0) is 19.3. The number of para-hydroxylation sites is 2. The molecule has 28 heavy (non-hydrogen) atoms. The standard InChI is InChI=1S/C23H19N3OS/c1-16-11-13-17(14-12-16)20-15-18-7-5-6-10-21(18)27-22(20)25-26-23(28)24-19-8-3-2-4-9-19/h2-15H,1H3,(H2,24,26,28)/b25-22+. The van der Waals surface area contributed by atoms with Gasteiger partial charge in [-0.3, -0.25) is 0 Å². The Morgan fingerprint density at radius 2 is 1.61 bits per heavy atom. The van der Waals surface area contributed by atoms with Crippen molar-refractivity contribution < 1.29 is 4.42 Å². The maximum absolute atomic E-state index is 6.06. The first kappa shape index (κ1) is 17.9. The number of hydrogen-bond acceptors (Lipinski definition) is 3. The van der Waals surface area contributed by atoms with Crippen molar-refractivity contribution in [3.8, 4) is 11.1 Å². The molecule has 0 spiro atoms. The Kier molecular flexibility index (Phi) is 5.17. The molecule has 0 atom stereocenters. The lowest BCUT2D eigenvalue weighted by Gasteiger charge is -2.08. The zero-order valence-electron chi connectivity index (χ0n) is 15.3. The van der Waals surface area contributed by atoms with Gasteiger partial charge in [-0.15, -0.1) is 5.10 Å². The van der Waals surface area contributed by atoms with Crippen LogP contribution in [0.15, 0.2) is 94.4 Å². The van der Waals surface area contributed by atoms with E-state index in [4.69, 9.17) is 16.6 Å². The predicted octanol–water partition coefficient (Wildman–Crippen LogP) is 5.21. The van der Waals surface area contributed by atoms with Crippen molar-refractivity contribution in [2.24, 2.45) is 5.10 Å². The van der Waals surface area contributed by atoms with Crippen molar-refractivity contribution in [3.05, 3.63) is 96.0 Å². The molecule has 1 aromatic heterocycles. The third-order valence-electron chi connectivity index (χ3n) is 4.31. The largest absolute Gasteiger partial charge is 0.436 e. The van der Waals surface area contributed by atoms with Crippen LogP contribution in [0.1, 0.15) is 5.56 Å². The number of anilines is 1. The topological polar surface area (TPSA) is 49.6 Å². The van der Waals surface area contributed by atoms with Gasteiger partial charge in [-0.05, 0) is 49.0 Å². The highest BCUT2D eigenvalue weighted by molar-refractivity contribution is 7.80. The second-order valence-electron chi connectivity index (χ2n) is 6.41. The van der Waals surface area contributed by atoms with Gasteiger partial charge in [0.1, 0.15) is 5.58 Å². The molecule has 0 aliphatic rings. The summed E-state index contributed by atoms with van der Waals surface area (Å²) < 4.78 is 6.06. The van der Waals surface area contributed by atoms with Crippen molar-refractivity contribution in [1.29, 1.82) is 0 Å². The van der Waals surface area contributed by atoms with E-state index in [0.717, 1.165) is 27.8 Å². The molecule has 0 aliphatic carbocycles. The van der Waals surface area contributed by atoms with E-state index in [0.29, 0.717) is 10.7 Å². The fourth-order valence-corrected chi connectivity index (χ4v) is 3.04. The Bertz CT molecular complexity index is 1180. The van der Waals surface area contributed by atoms with Crippen LogP contribution in [0.25, 0.3) is 22.1 Å². The van der Waals surface area contributed by atoms with Gasteiger partial charge in [-0.1, -0.05) is 66.2 Å². The monoisotopic (exact) mass is 385 g/mol. The minimum absolute atomic E-state index is 0.393. The molecule has 0 radical (unpaired) electrons. The van der Waals surface area contributed by atoms with Gasteiger partial charge in [0.05, 0.1) is 0 Å². The highest BCUT2D eigenvalue weighted by Gasteiger charge is 2.07. The van der Waals surface area contributed by atoms with Crippen LogP contribution >= 0.6 is 12.2 Å². The SMILES string of the molecule is Cc1ccc(-c2cc3ccccc3o/c2=N/NC(=S)Nc2ccccc2)cc1. The van der Waals surface area contributed by atoms with Crippen molar-refractivity contribution >= 4 is 34.0 Å². The number of hydrogen-bond donors (Lipinski definition) is 2. The van der Waals surface area contributed by atoms with Gasteiger partial charge in [-0.25, -0.2) is 5.43 Å². The van der Waals surface area contributed by atoms with Crippen molar-refractivity contribution in [1.82, 2.24) is 5.43 Å². The van der Waals surface area contributed by atoms with Gasteiger partial charge in [0.2, 0.25) is 5.55 Å². The van der Waals surface area contributed by atoms with Gasteiger partial charge in [-0.2, -0.15) is 0 Å². The fourth-order valence-electron chi connectivity index (χ4n) is 2.87. The summed E-state index contributed by atoms with van der Waals surface area (Å²) in [4.78, 5) is 0. The molecule has 138 valence electrons. The van der Waals surface area contributed by atoms with E-state index in [1.807, 2.05) is 54.6 Å². The number of thiocarbonyl (C=S) groups is 1. The van der Waals surface area contributed by atoms with Gasteiger partial charge < -0.3 is 9.73 Å². The number of fused-ring (bicyclic) bond motifs is 1. The van der Waals surface area contributed by atoms with E-state index < -0.39 is 0 Å². The van der Waals surface area contributed by atoms with E-state index in [1.54, 1.807) is 0 Å². The number of rotatable bonds is 3. The van der Waals surface area contributed by atoms with E-state index in [2.05, 4.69) is 53.1 Å². The highest BCUT2D eigenvalue weighted by Crippen LogP contribution is 2.21. The van der Waals surface area contributed by atoms with Crippen LogP contribution in [0.4, 0.5) is 5.69 Å². The van der Waals surface area contributed by atoms with Crippen LogP contribution in [-0.2, 0) is 0 Å². The molecule has 5 heteroatoms. The molecule has 4 rings (SSSR count). The van der Waals surface area contributed by atoms with Gasteiger partial charge in [0.15, 0.2) is 5.11 Å². The summed E-state index contributed by atoms with van der Waals surface area (Å²) in [5.74, 6) is 0. The normalized spacial score (nSPS) is 11.4. The minimum atomic E-state index is 0.393. The van der Waals surface area contributed by atoms with E-state index in [9.17, 15) is 0 Å². The molecule has 0 aliphatic heterocycles. The first-order valence-electron chi connectivity index (χ1n) is 8.95. The van der Waals surface area contributed by atoms with Crippen molar-refractivity contribution in [3.63, 3.8) is 0 Å². The van der Waals surface area contributed by atoms with E-state index in [1.165, 1.54) is 5.56 Å². The molecule has 1 heterocycles. The van der Waals surface area contributed by atoms with E-state index >= 15 is 0 Å². The molecule has 0 unspecified atom stereocenters. The number of nitrogens with zero attached hydrogens (tertiary/aromatic N) is 1. The Labute approximate surface area is 168 Å². The Morgan fingerprint density at radius 3 is 2.39 bits per heavy atom. The van der Waals surface area contributed by atoms with Crippen LogP contribution in [0.2, 0.25) is 0 Å². The summed E-state index contributed by atoms with van der Waals surface area (Å²) in [6.45, 7) is 2.06. The fraction of sp³-hybridized carbons (Fsp3) is 0.0435. The second-order valence-corrected chi connectivity index (χ2v) is 6.82. The summed E-state index contributed by atoms with van der Waals surface area (Å²) in [5.41, 5.74) is 8.14. The molecule has 4 aromatic rings. The van der Waals surface area contributed by atoms with Gasteiger partial charge >= 0.3 is 0 Å². The molecular formula is C23H19N3OS. The summed E-state index contributed by atoms with van der Waals surface area (Å²) >= 11 is 5.35. The van der Waals surface area contributed by atoms with Gasteiger partial charge in [0.25, 0.3) is 0 Å². The number of nitrogens with one attached hydrogen (secondary N) is 2.